The van der Waals surface area contributed by atoms with Crippen molar-refractivity contribution in [2.24, 2.45) is 5.73 Å². The van der Waals surface area contributed by atoms with E-state index < -0.39 is 5.60 Å². The van der Waals surface area contributed by atoms with Crippen molar-refractivity contribution in [3.63, 3.8) is 0 Å². The van der Waals surface area contributed by atoms with Crippen LogP contribution in [0.15, 0.2) is 85.2 Å². The SMILES string of the molecule is C.CC(C)(C)OC(=O)NC1C[C@H]2CC[C@@H](C1)N2Cc1ccc([C@H]2COc3cccnc3O2)cc1.Cl.Cl.Cl.NC1C[C@H]2CC[C@@H](C1)N2Cc1ccc([C@H]2COc3cccnc3O2)cc1. The van der Waals surface area contributed by atoms with Crippen LogP contribution in [0, 0.1) is 0 Å². The predicted octanol–water partition coefficient (Wildman–Crippen LogP) is 9.56. The zero-order chi connectivity index (χ0) is 40.5. The van der Waals surface area contributed by atoms with Gasteiger partial charge in [0.25, 0.3) is 11.8 Å². The number of carbonyl (C=O) groups excluding carboxylic acids is 1. The molecule has 8 atom stereocenters. The average Bonchev–Trinajstić information content (AvgIpc) is 3.60. The van der Waals surface area contributed by atoms with E-state index in [2.05, 4.69) is 73.6 Å². The van der Waals surface area contributed by atoms with Crippen LogP contribution in [0.3, 0.4) is 0 Å². The van der Waals surface area contributed by atoms with Crippen LogP contribution in [0.5, 0.6) is 23.3 Å². The lowest BCUT2D eigenvalue weighted by Gasteiger charge is -2.39. The Labute approximate surface area is 391 Å². The van der Waals surface area contributed by atoms with E-state index in [1.165, 1.54) is 36.8 Å². The number of rotatable bonds is 7. The zero-order valence-electron chi connectivity index (χ0n) is 35.7. The molecule has 4 bridgehead atoms. The standard InChI is InChI=1S/C26H33N3O4.C21H25N3O2.CH4.3ClH/c1-26(2,3)33-25(30)28-19-13-20-10-11-21(14-19)29(20)15-17-6-8-18(9-7-17)23-16-31-22-5-4-12-27-24(22)32-23;22-16-10-17-7-8-18(11-16)24(17)12-14-3-5-15(6-4-14)20-13-25-19-2-1-9-23-21(19)26-20;;;;/h4-9,12,19-21,23H,10-11,13-16H2,1-3H3,(H,28,30);1-6,9,16-18,20H,7-8,10-13,22H2;1H4;3*1H/t19?,20-,21+,23-;16?,17-,18+,20-;;;;/m11..../s1. The van der Waals surface area contributed by atoms with Crippen molar-refractivity contribution < 1.29 is 28.5 Å². The van der Waals surface area contributed by atoms with Crippen LogP contribution in [0.1, 0.15) is 114 Å². The molecular formula is C48H65Cl3N6O6. The number of hydrogen-bond acceptors (Lipinski definition) is 11. The number of piperidine rings is 2. The quantitative estimate of drug-likeness (QED) is 0.184. The van der Waals surface area contributed by atoms with Crippen LogP contribution in [0.4, 0.5) is 4.79 Å². The van der Waals surface area contributed by atoms with E-state index in [-0.39, 0.29) is 69.0 Å². The van der Waals surface area contributed by atoms with Gasteiger partial charge in [-0.1, -0.05) is 56.0 Å². The second-order valence-electron chi connectivity index (χ2n) is 18.1. The summed E-state index contributed by atoms with van der Waals surface area (Å²) in [6, 6.07) is 27.8. The van der Waals surface area contributed by atoms with E-state index in [4.69, 9.17) is 29.4 Å². The Bertz CT molecular complexity index is 2050. The number of pyridine rings is 2. The number of nitrogens with one attached hydrogen (secondary N) is 1. The lowest BCUT2D eigenvalue weighted by molar-refractivity contribution is 0.0436. The molecule has 6 aliphatic rings. The Balaban J connectivity index is 0.000000228. The van der Waals surface area contributed by atoms with E-state index >= 15 is 0 Å². The number of benzene rings is 2. The number of fused-ring (bicyclic) bond motifs is 6. The minimum Gasteiger partial charge on any atom is -0.484 e. The molecule has 8 heterocycles. The molecule has 2 unspecified atom stereocenters. The first kappa shape index (κ1) is 50.0. The molecule has 2 aromatic carbocycles. The molecule has 2 aromatic heterocycles. The fourth-order valence-corrected chi connectivity index (χ4v) is 9.94. The van der Waals surface area contributed by atoms with Crippen molar-refractivity contribution in [3.8, 4) is 23.3 Å². The molecule has 4 fully saturated rings. The van der Waals surface area contributed by atoms with Crippen LogP contribution in [0.2, 0.25) is 0 Å². The normalized spacial score (nSPS) is 26.5. The van der Waals surface area contributed by atoms with Gasteiger partial charge in [-0.05, 0) is 119 Å². The molecule has 12 nitrogen and oxygen atoms in total. The molecule has 15 heteroatoms. The first-order valence-electron chi connectivity index (χ1n) is 21.5. The summed E-state index contributed by atoms with van der Waals surface area (Å²) in [4.78, 5) is 26.0. The Kier molecular flexibility index (Phi) is 17.3. The molecule has 0 spiro atoms. The second-order valence-corrected chi connectivity index (χ2v) is 18.1. The maximum absolute atomic E-state index is 12.2. The highest BCUT2D eigenvalue weighted by atomic mass is 35.5. The predicted molar refractivity (Wildman–Crippen MR) is 252 cm³/mol. The number of nitrogens with two attached hydrogens (primary N) is 1. The van der Waals surface area contributed by atoms with Crippen LogP contribution < -0.4 is 30.0 Å². The molecule has 3 N–H and O–H groups in total. The number of alkyl carbamates (subject to hydrolysis) is 1. The summed E-state index contributed by atoms with van der Waals surface area (Å²) in [6.07, 6.45) is 12.1. The molecule has 1 amide bonds. The molecule has 344 valence electrons. The Morgan fingerprint density at radius 2 is 1.10 bits per heavy atom. The van der Waals surface area contributed by atoms with E-state index in [9.17, 15) is 4.79 Å². The van der Waals surface area contributed by atoms with Gasteiger partial charge in [-0.2, -0.15) is 0 Å². The fourth-order valence-electron chi connectivity index (χ4n) is 9.94. The van der Waals surface area contributed by atoms with Crippen LogP contribution >= 0.6 is 37.2 Å². The lowest BCUT2D eigenvalue weighted by atomic mass is 9.96. The Morgan fingerprint density at radius 1 is 0.683 bits per heavy atom. The first-order valence-corrected chi connectivity index (χ1v) is 21.5. The topological polar surface area (TPSA) is 134 Å². The van der Waals surface area contributed by atoms with Crippen molar-refractivity contribution in [2.75, 3.05) is 13.2 Å². The van der Waals surface area contributed by atoms with E-state index in [0.717, 1.165) is 55.6 Å². The number of nitrogens with zero attached hydrogens (tertiary/aromatic N) is 4. The van der Waals surface area contributed by atoms with Gasteiger partial charge in [0.1, 0.15) is 18.8 Å². The smallest absolute Gasteiger partial charge is 0.407 e. The van der Waals surface area contributed by atoms with E-state index in [1.54, 1.807) is 12.4 Å². The third kappa shape index (κ3) is 12.0. The number of aromatic nitrogens is 2. The highest BCUT2D eigenvalue weighted by molar-refractivity contribution is 5.86. The maximum atomic E-state index is 12.2. The number of carbonyl (C=O) groups is 1. The summed E-state index contributed by atoms with van der Waals surface area (Å²) in [6.45, 7) is 8.65. The van der Waals surface area contributed by atoms with Crippen LogP contribution in [0.25, 0.3) is 0 Å². The van der Waals surface area contributed by atoms with Gasteiger partial charge in [0, 0.05) is 61.7 Å². The van der Waals surface area contributed by atoms with Gasteiger partial charge in [0.2, 0.25) is 0 Å². The first-order chi connectivity index (χ1) is 28.6. The molecule has 63 heavy (non-hydrogen) atoms. The Hall–Kier alpha value is -4.04. The van der Waals surface area contributed by atoms with Crippen LogP contribution in [-0.2, 0) is 17.8 Å². The third-order valence-electron chi connectivity index (χ3n) is 12.7. The minimum atomic E-state index is -0.468. The molecule has 4 saturated heterocycles. The molecule has 6 aliphatic heterocycles. The zero-order valence-corrected chi connectivity index (χ0v) is 38.2. The fraction of sp³-hybridized carbons (Fsp3) is 0.521. The highest BCUT2D eigenvalue weighted by Crippen LogP contribution is 2.39. The molecule has 10 rings (SSSR count). The van der Waals surface area contributed by atoms with Gasteiger partial charge in [-0.3, -0.25) is 9.80 Å². The second kappa shape index (κ2) is 21.8. The molecule has 4 aromatic rings. The molecule has 0 saturated carbocycles. The summed E-state index contributed by atoms with van der Waals surface area (Å²) in [7, 11) is 0. The monoisotopic (exact) mass is 926 g/mol. The van der Waals surface area contributed by atoms with Gasteiger partial charge in [0.05, 0.1) is 0 Å². The van der Waals surface area contributed by atoms with Crippen molar-refractivity contribution in [1.29, 1.82) is 0 Å². The van der Waals surface area contributed by atoms with Gasteiger partial charge in [-0.25, -0.2) is 14.8 Å². The summed E-state index contributed by atoms with van der Waals surface area (Å²) in [5.41, 5.74) is 10.6. The lowest BCUT2D eigenvalue weighted by Crippen LogP contribution is -2.50. The summed E-state index contributed by atoms with van der Waals surface area (Å²) >= 11 is 0. The van der Waals surface area contributed by atoms with E-state index in [1.807, 2.05) is 45.0 Å². The summed E-state index contributed by atoms with van der Waals surface area (Å²) in [5, 5.41) is 3.09. The largest absolute Gasteiger partial charge is 0.484 e. The highest BCUT2D eigenvalue weighted by Gasteiger charge is 2.42. The van der Waals surface area contributed by atoms with Gasteiger partial charge >= 0.3 is 6.09 Å². The molecular weight excluding hydrogens is 863 g/mol. The number of halogens is 3. The average molecular weight is 928 g/mol. The van der Waals surface area contributed by atoms with Crippen molar-refractivity contribution in [2.45, 2.75) is 147 Å². The number of ether oxygens (including phenoxy) is 5. The van der Waals surface area contributed by atoms with Gasteiger partial charge < -0.3 is 34.7 Å². The summed E-state index contributed by atoms with van der Waals surface area (Å²) in [5.74, 6) is 2.55. The molecule has 0 radical (unpaired) electrons. The van der Waals surface area contributed by atoms with Crippen molar-refractivity contribution in [3.05, 3.63) is 107 Å². The minimum absolute atomic E-state index is 0. The molecule has 0 aliphatic carbocycles. The van der Waals surface area contributed by atoms with E-state index in [0.29, 0.717) is 60.9 Å². The van der Waals surface area contributed by atoms with Gasteiger partial charge in [0.15, 0.2) is 23.7 Å². The Morgan fingerprint density at radius 3 is 1.51 bits per heavy atom. The summed E-state index contributed by atoms with van der Waals surface area (Å²) < 4.78 is 29.1. The van der Waals surface area contributed by atoms with Gasteiger partial charge in [-0.15, -0.1) is 37.2 Å². The van der Waals surface area contributed by atoms with Crippen LogP contribution in [-0.4, -0.2) is 80.9 Å². The van der Waals surface area contributed by atoms with Crippen molar-refractivity contribution in [1.82, 2.24) is 25.1 Å². The maximum Gasteiger partial charge on any atom is 0.407 e. The van der Waals surface area contributed by atoms with Crippen molar-refractivity contribution >= 4 is 43.3 Å². The number of amides is 1. The third-order valence-corrected chi connectivity index (χ3v) is 12.7. The number of hydrogen-bond donors (Lipinski definition) is 2.